The molecular formula is C23H23N5O3. The first-order valence-electron chi connectivity index (χ1n) is 9.89. The number of hydrogen-bond donors (Lipinski definition) is 2. The summed E-state index contributed by atoms with van der Waals surface area (Å²) in [6.45, 7) is 5.85. The van der Waals surface area contributed by atoms with Gasteiger partial charge in [0.2, 0.25) is 5.82 Å². The van der Waals surface area contributed by atoms with Crippen LogP contribution in [0.2, 0.25) is 0 Å². The van der Waals surface area contributed by atoms with E-state index in [1.54, 1.807) is 13.1 Å². The Morgan fingerprint density at radius 3 is 2.77 bits per heavy atom. The third-order valence-corrected chi connectivity index (χ3v) is 5.12. The smallest absolute Gasteiger partial charge is 0.289 e. The summed E-state index contributed by atoms with van der Waals surface area (Å²) < 4.78 is 5.80. The first-order chi connectivity index (χ1) is 14.9. The number of carbonyl (C=O) groups excluding carboxylic acids is 2. The molecule has 1 aliphatic rings. The molecule has 2 aromatic carbocycles. The van der Waals surface area contributed by atoms with E-state index in [9.17, 15) is 9.59 Å². The predicted molar refractivity (Wildman–Crippen MR) is 117 cm³/mol. The standard InChI is InChI=1S/C23H23N5O3/c1-14(2)16-9-10-19-18(12-16)28(3)23(30)17(13-31-19)24-22(29)21-25-20(26-27-21)11-15-7-5-4-6-8-15/h4-10,12,17H,1,11,13H2,2-3H3,(H,24,29)(H,25,26,27). The molecule has 3 aromatic rings. The molecule has 158 valence electrons. The Balaban J connectivity index is 1.46. The number of aromatic nitrogens is 3. The van der Waals surface area contributed by atoms with Crippen LogP contribution in [0, 0.1) is 0 Å². The van der Waals surface area contributed by atoms with Crippen LogP contribution in [0.25, 0.3) is 5.57 Å². The molecule has 2 heterocycles. The van der Waals surface area contributed by atoms with Gasteiger partial charge in [0.1, 0.15) is 24.2 Å². The maximum Gasteiger partial charge on any atom is 0.289 e. The number of likely N-dealkylation sites (N-methyl/N-ethyl adjacent to an activating group) is 1. The third kappa shape index (κ3) is 4.32. The number of allylic oxidation sites excluding steroid dienone is 1. The second-order valence-electron chi connectivity index (χ2n) is 7.48. The highest BCUT2D eigenvalue weighted by molar-refractivity contribution is 6.02. The van der Waals surface area contributed by atoms with E-state index in [1.165, 1.54) is 4.90 Å². The number of H-pyrrole nitrogens is 1. The summed E-state index contributed by atoms with van der Waals surface area (Å²) in [5.41, 5.74) is 3.48. The Hall–Kier alpha value is -3.94. The molecule has 0 radical (unpaired) electrons. The van der Waals surface area contributed by atoms with E-state index < -0.39 is 11.9 Å². The monoisotopic (exact) mass is 417 g/mol. The number of fused-ring (bicyclic) bond motifs is 1. The number of ether oxygens (including phenoxy) is 1. The van der Waals surface area contributed by atoms with Gasteiger partial charge in [-0.2, -0.15) is 0 Å². The zero-order valence-corrected chi connectivity index (χ0v) is 17.4. The van der Waals surface area contributed by atoms with Gasteiger partial charge in [-0.15, -0.1) is 10.2 Å². The zero-order valence-electron chi connectivity index (χ0n) is 17.4. The van der Waals surface area contributed by atoms with Crippen molar-refractivity contribution in [2.45, 2.75) is 19.4 Å². The number of nitrogens with one attached hydrogen (secondary N) is 2. The minimum Gasteiger partial charge on any atom is -0.489 e. The van der Waals surface area contributed by atoms with E-state index >= 15 is 0 Å². The lowest BCUT2D eigenvalue weighted by molar-refractivity contribution is -0.120. The molecule has 0 bridgehead atoms. The van der Waals surface area contributed by atoms with Crippen LogP contribution in [0.1, 0.15) is 34.5 Å². The van der Waals surface area contributed by atoms with Crippen molar-refractivity contribution >= 4 is 23.1 Å². The Morgan fingerprint density at radius 1 is 1.26 bits per heavy atom. The molecule has 1 aliphatic heterocycles. The molecule has 2 amide bonds. The third-order valence-electron chi connectivity index (χ3n) is 5.12. The predicted octanol–water partition coefficient (Wildman–Crippen LogP) is 2.58. The molecule has 0 aliphatic carbocycles. The lowest BCUT2D eigenvalue weighted by atomic mass is 10.1. The topological polar surface area (TPSA) is 100 Å². The van der Waals surface area contributed by atoms with Crippen LogP contribution < -0.4 is 15.0 Å². The van der Waals surface area contributed by atoms with Crippen molar-refractivity contribution in [1.29, 1.82) is 0 Å². The van der Waals surface area contributed by atoms with Crippen molar-refractivity contribution in [3.05, 3.63) is 77.9 Å². The number of benzene rings is 2. The molecule has 0 saturated carbocycles. The number of anilines is 1. The SMILES string of the molecule is C=C(C)c1ccc2c(c1)N(C)C(=O)C(NC(=O)c1nnc(Cc3ccccc3)[nH]1)CO2. The molecule has 0 fully saturated rings. The Morgan fingerprint density at radius 2 is 2.03 bits per heavy atom. The maximum atomic E-state index is 13.0. The Labute approximate surface area is 179 Å². The van der Waals surface area contributed by atoms with Gasteiger partial charge in [0.15, 0.2) is 0 Å². The second kappa shape index (κ2) is 8.43. The van der Waals surface area contributed by atoms with E-state index in [0.717, 1.165) is 16.7 Å². The Bertz CT molecular complexity index is 1140. The minimum atomic E-state index is -0.860. The summed E-state index contributed by atoms with van der Waals surface area (Å²) in [6.07, 6.45) is 0.524. The van der Waals surface area contributed by atoms with Gasteiger partial charge in [-0.05, 0) is 30.2 Å². The average Bonchev–Trinajstić information content (AvgIpc) is 3.20. The molecule has 8 heteroatoms. The fraction of sp³-hybridized carbons (Fsp3) is 0.217. The molecule has 1 unspecified atom stereocenters. The van der Waals surface area contributed by atoms with Crippen molar-refractivity contribution in [3.63, 3.8) is 0 Å². The van der Waals surface area contributed by atoms with Crippen molar-refractivity contribution in [3.8, 4) is 5.75 Å². The number of rotatable bonds is 5. The molecule has 31 heavy (non-hydrogen) atoms. The molecule has 2 N–H and O–H groups in total. The minimum absolute atomic E-state index is 0.0132. The molecule has 1 aromatic heterocycles. The van der Waals surface area contributed by atoms with Crippen LogP contribution in [0.4, 0.5) is 5.69 Å². The summed E-state index contributed by atoms with van der Waals surface area (Å²) in [5.74, 6) is 0.387. The molecule has 8 nitrogen and oxygen atoms in total. The molecular weight excluding hydrogens is 394 g/mol. The molecule has 4 rings (SSSR count). The highest BCUT2D eigenvalue weighted by atomic mass is 16.5. The first kappa shape index (κ1) is 20.3. The van der Waals surface area contributed by atoms with Crippen molar-refractivity contribution in [1.82, 2.24) is 20.5 Å². The van der Waals surface area contributed by atoms with Crippen LogP contribution in [0.15, 0.2) is 55.1 Å². The fourth-order valence-corrected chi connectivity index (χ4v) is 3.36. The number of nitrogens with zero attached hydrogens (tertiary/aromatic N) is 3. The second-order valence-corrected chi connectivity index (χ2v) is 7.48. The van der Waals surface area contributed by atoms with Gasteiger partial charge in [0.05, 0.1) is 5.69 Å². The summed E-state index contributed by atoms with van der Waals surface area (Å²) in [7, 11) is 1.66. The number of hydrogen-bond acceptors (Lipinski definition) is 5. The van der Waals surface area contributed by atoms with Crippen LogP contribution in [-0.2, 0) is 11.2 Å². The van der Waals surface area contributed by atoms with Crippen LogP contribution in [0.5, 0.6) is 5.75 Å². The van der Waals surface area contributed by atoms with Gasteiger partial charge in [-0.3, -0.25) is 9.59 Å². The number of aromatic amines is 1. The highest BCUT2D eigenvalue weighted by Gasteiger charge is 2.31. The van der Waals surface area contributed by atoms with Crippen molar-refractivity contribution < 1.29 is 14.3 Å². The molecule has 1 atom stereocenters. The first-order valence-corrected chi connectivity index (χ1v) is 9.89. The van der Waals surface area contributed by atoms with E-state index in [1.807, 2.05) is 49.4 Å². The van der Waals surface area contributed by atoms with E-state index in [4.69, 9.17) is 4.74 Å². The summed E-state index contributed by atoms with van der Waals surface area (Å²) in [5, 5.41) is 10.7. The van der Waals surface area contributed by atoms with Gasteiger partial charge in [-0.1, -0.05) is 48.6 Å². The highest BCUT2D eigenvalue weighted by Crippen LogP contribution is 2.33. The number of amides is 2. The van der Waals surface area contributed by atoms with Gasteiger partial charge >= 0.3 is 0 Å². The van der Waals surface area contributed by atoms with Crippen molar-refractivity contribution in [2.24, 2.45) is 0 Å². The summed E-state index contributed by atoms with van der Waals surface area (Å²) in [6, 6.07) is 14.4. The van der Waals surface area contributed by atoms with Crippen LogP contribution in [-0.4, -0.2) is 46.7 Å². The number of carbonyl (C=O) groups is 2. The van der Waals surface area contributed by atoms with Crippen LogP contribution in [0.3, 0.4) is 0 Å². The van der Waals surface area contributed by atoms with Gasteiger partial charge in [0.25, 0.3) is 11.8 Å². The van der Waals surface area contributed by atoms with E-state index in [2.05, 4.69) is 27.1 Å². The quantitative estimate of drug-likeness (QED) is 0.665. The largest absolute Gasteiger partial charge is 0.489 e. The van der Waals surface area contributed by atoms with Gasteiger partial charge in [-0.25, -0.2) is 0 Å². The summed E-state index contributed by atoms with van der Waals surface area (Å²) >= 11 is 0. The van der Waals surface area contributed by atoms with E-state index in [-0.39, 0.29) is 18.3 Å². The molecule has 0 saturated heterocycles. The van der Waals surface area contributed by atoms with Crippen LogP contribution >= 0.6 is 0 Å². The van der Waals surface area contributed by atoms with Crippen molar-refractivity contribution in [2.75, 3.05) is 18.6 Å². The fourth-order valence-electron chi connectivity index (χ4n) is 3.36. The normalized spacial score (nSPS) is 15.6. The van der Waals surface area contributed by atoms with Gasteiger partial charge in [0, 0.05) is 13.5 Å². The molecule has 0 spiro atoms. The van der Waals surface area contributed by atoms with E-state index in [0.29, 0.717) is 23.7 Å². The lowest BCUT2D eigenvalue weighted by Gasteiger charge is -2.20. The Kier molecular flexibility index (Phi) is 5.53. The lowest BCUT2D eigenvalue weighted by Crippen LogP contribution is -2.49. The van der Waals surface area contributed by atoms with Gasteiger partial charge < -0.3 is 19.9 Å². The zero-order chi connectivity index (χ0) is 22.0. The average molecular weight is 417 g/mol. The summed E-state index contributed by atoms with van der Waals surface area (Å²) in [4.78, 5) is 30.0. The maximum absolute atomic E-state index is 13.0.